The normalized spacial score (nSPS) is 25.9. The second-order valence-electron chi connectivity index (χ2n) is 5.77. The van der Waals surface area contributed by atoms with Gasteiger partial charge in [0, 0.05) is 41.3 Å². The second-order valence-corrected chi connectivity index (χ2v) is 10.2. The summed E-state index contributed by atoms with van der Waals surface area (Å²) in [5.74, 6) is 0. The number of aryl methyl sites for hydroxylation is 1. The Bertz CT molecular complexity index is 1020. The third-order valence-electron chi connectivity index (χ3n) is 3.45. The number of nitrogens with one attached hydrogen (secondary N) is 1. The Labute approximate surface area is 189 Å². The Morgan fingerprint density at radius 2 is 1.80 bits per heavy atom. The van der Waals surface area contributed by atoms with Gasteiger partial charge in [-0.1, -0.05) is 6.10 Å². The summed E-state index contributed by atoms with van der Waals surface area (Å²) < 4.78 is 51.1. The molecule has 0 aliphatic carbocycles. The fourth-order valence-electron chi connectivity index (χ4n) is 2.29. The van der Waals surface area contributed by atoms with Crippen LogP contribution < -0.4 is 16.4 Å². The van der Waals surface area contributed by atoms with E-state index in [-0.39, 0.29) is 41.5 Å². The number of rotatable bonds is 8. The zero-order valence-electron chi connectivity index (χ0n) is 15.4. The summed E-state index contributed by atoms with van der Waals surface area (Å²) in [6.07, 6.45) is -3.23. The molecule has 2 rings (SSSR count). The Hall–Kier alpha value is 0.01000. The molecule has 20 heteroatoms. The van der Waals surface area contributed by atoms with Gasteiger partial charge in [-0.3, -0.25) is 18.9 Å². The van der Waals surface area contributed by atoms with Gasteiger partial charge in [0.05, 0.1) is 12.7 Å². The zero-order chi connectivity index (χ0) is 22.2. The van der Waals surface area contributed by atoms with E-state index in [0.717, 1.165) is 10.8 Å². The predicted octanol–water partition coefficient (Wildman–Crippen LogP) is -2.18. The third kappa shape index (κ3) is 8.17. The molecule has 16 nitrogen and oxygen atoms in total. The molecule has 2 heterocycles. The minimum atomic E-state index is -5.69. The Balaban J connectivity index is 0.00000450. The van der Waals surface area contributed by atoms with Gasteiger partial charge in [0.1, 0.15) is 6.23 Å². The number of phosphoric ester groups is 1. The van der Waals surface area contributed by atoms with Gasteiger partial charge in [-0.15, -0.1) is 0 Å². The van der Waals surface area contributed by atoms with Gasteiger partial charge in [-0.05, 0) is 13.3 Å². The standard InChI is InChI=1S/C10H16N2O14P3.Na/c1-5-3-12(10(15)11-9(5)14)8-2-6(13)7(24-8)4-23-28(19,20)26-29(21,22)25-27(16,17)18;/h3,6-8H,2,4H2,1H3,(H,19,20)(H,21,22)(H,11,14,15)(H2,16,17,18);/q-1;/t6-,7+,8+;/m0./s1. The summed E-state index contributed by atoms with van der Waals surface area (Å²) >= 11 is 0. The molecule has 0 aromatic carbocycles. The molecule has 1 aromatic rings. The van der Waals surface area contributed by atoms with Crippen LogP contribution in [0.2, 0.25) is 0 Å². The van der Waals surface area contributed by atoms with Crippen molar-refractivity contribution in [3.05, 3.63) is 32.6 Å². The molecule has 1 radical (unpaired) electrons. The van der Waals surface area contributed by atoms with Crippen molar-refractivity contribution in [1.29, 1.82) is 0 Å². The molecule has 1 fully saturated rings. The maximum Gasteiger partial charge on any atom is 0.490 e. The van der Waals surface area contributed by atoms with Gasteiger partial charge in [0.2, 0.25) is 0 Å². The molecule has 1 aromatic heterocycles. The zero-order valence-corrected chi connectivity index (χ0v) is 20.1. The van der Waals surface area contributed by atoms with Gasteiger partial charge in [-0.25, -0.2) is 18.5 Å². The summed E-state index contributed by atoms with van der Waals surface area (Å²) in [6.45, 7) is 0.469. The molecule has 167 valence electrons. The van der Waals surface area contributed by atoms with Crippen LogP contribution in [0.5, 0.6) is 0 Å². The van der Waals surface area contributed by atoms with E-state index in [1.807, 2.05) is 4.98 Å². The van der Waals surface area contributed by atoms with Gasteiger partial charge in [0.15, 0.2) is 0 Å². The molecule has 0 amide bonds. The molecule has 1 saturated heterocycles. The quantitative estimate of drug-likeness (QED) is 0.187. The fraction of sp³-hybridized carbons (Fsp3) is 0.600. The van der Waals surface area contributed by atoms with E-state index in [1.165, 1.54) is 6.92 Å². The molecular formula is C10H16N2NaO14P3-. The maximum atomic E-state index is 12.1. The minimum absolute atomic E-state index is 0. The first-order valence-corrected chi connectivity index (χ1v) is 12.0. The Kier molecular flexibility index (Phi) is 9.63. The predicted molar refractivity (Wildman–Crippen MR) is 93.9 cm³/mol. The number of hydrogen-bond donors (Lipinski definition) is 5. The monoisotopic (exact) mass is 504 g/mol. The van der Waals surface area contributed by atoms with E-state index in [0.29, 0.717) is 0 Å². The van der Waals surface area contributed by atoms with Crippen molar-refractivity contribution in [2.45, 2.75) is 31.8 Å². The number of hydrogen-bond acceptors (Lipinski definition) is 10. The van der Waals surface area contributed by atoms with Crippen molar-refractivity contribution in [3.63, 3.8) is 0 Å². The van der Waals surface area contributed by atoms with E-state index in [9.17, 15) is 33.3 Å². The van der Waals surface area contributed by atoms with Gasteiger partial charge < -0.3 is 29.4 Å². The number of nitrogens with zero attached hydrogens (tertiary/aromatic N) is 1. The number of aromatic amines is 1. The summed E-state index contributed by atoms with van der Waals surface area (Å²) in [6, 6.07) is 0. The van der Waals surface area contributed by atoms with Crippen LogP contribution in [0.25, 0.3) is 0 Å². The largest absolute Gasteiger partial charge is 0.850 e. The molecule has 2 unspecified atom stereocenters. The second kappa shape index (κ2) is 10.3. The molecule has 0 bridgehead atoms. The minimum Gasteiger partial charge on any atom is -0.850 e. The van der Waals surface area contributed by atoms with Crippen LogP contribution in [0.4, 0.5) is 0 Å². The fourth-order valence-corrected chi connectivity index (χ4v) is 5.32. The summed E-state index contributed by atoms with van der Waals surface area (Å²) in [5, 5.41) is 12.1. The first kappa shape index (κ1) is 28.0. The number of aromatic nitrogens is 2. The van der Waals surface area contributed by atoms with E-state index < -0.39 is 59.8 Å². The maximum absolute atomic E-state index is 12.1. The van der Waals surface area contributed by atoms with Crippen LogP contribution >= 0.6 is 23.5 Å². The molecular weight excluding hydrogens is 488 g/mol. The molecule has 1 aliphatic heterocycles. The smallest absolute Gasteiger partial charge is 0.490 e. The van der Waals surface area contributed by atoms with Gasteiger partial charge >= 0.3 is 29.2 Å². The van der Waals surface area contributed by atoms with Gasteiger partial charge in [-0.2, -0.15) is 8.62 Å². The van der Waals surface area contributed by atoms with Crippen molar-refractivity contribution < 1.29 is 56.3 Å². The van der Waals surface area contributed by atoms with Crippen LogP contribution in [0, 0.1) is 6.92 Å². The van der Waals surface area contributed by atoms with E-state index in [4.69, 9.17) is 19.4 Å². The van der Waals surface area contributed by atoms with E-state index in [2.05, 4.69) is 13.1 Å². The first-order chi connectivity index (χ1) is 13.1. The molecule has 0 saturated carbocycles. The molecule has 30 heavy (non-hydrogen) atoms. The van der Waals surface area contributed by atoms with Crippen molar-refractivity contribution in [1.82, 2.24) is 9.55 Å². The average Bonchev–Trinajstić information content (AvgIpc) is 2.86. The molecule has 5 atom stereocenters. The number of phosphoric acid groups is 3. The van der Waals surface area contributed by atoms with Crippen LogP contribution in [0.1, 0.15) is 18.2 Å². The number of H-pyrrole nitrogens is 1. The van der Waals surface area contributed by atoms with Crippen LogP contribution in [0.3, 0.4) is 0 Å². The van der Waals surface area contributed by atoms with Crippen LogP contribution in [-0.2, 0) is 31.6 Å². The van der Waals surface area contributed by atoms with Crippen LogP contribution in [0.15, 0.2) is 15.8 Å². The third-order valence-corrected chi connectivity index (χ3v) is 7.26. The summed E-state index contributed by atoms with van der Waals surface area (Å²) in [7, 11) is -16.6. The van der Waals surface area contributed by atoms with Crippen LogP contribution in [-0.4, -0.2) is 77.5 Å². The Morgan fingerprint density at radius 1 is 1.20 bits per heavy atom. The van der Waals surface area contributed by atoms with Gasteiger partial charge in [0.25, 0.3) is 5.56 Å². The van der Waals surface area contributed by atoms with Crippen molar-refractivity contribution in [3.8, 4) is 0 Å². The molecule has 0 spiro atoms. The van der Waals surface area contributed by atoms with E-state index >= 15 is 0 Å². The molecule has 5 N–H and O–H groups in total. The average molecular weight is 504 g/mol. The van der Waals surface area contributed by atoms with Crippen molar-refractivity contribution >= 4 is 53.0 Å². The summed E-state index contributed by atoms with van der Waals surface area (Å²) in [5.41, 5.74) is -1.33. The van der Waals surface area contributed by atoms with Crippen molar-refractivity contribution in [2.24, 2.45) is 0 Å². The van der Waals surface area contributed by atoms with E-state index in [1.54, 1.807) is 0 Å². The van der Waals surface area contributed by atoms with Crippen molar-refractivity contribution in [2.75, 3.05) is 6.61 Å². The topological polar surface area (TPSA) is 247 Å². The summed E-state index contributed by atoms with van der Waals surface area (Å²) in [4.78, 5) is 60.5. The Morgan fingerprint density at radius 3 is 2.37 bits per heavy atom. The number of ether oxygens (including phenoxy) is 1. The molecule has 1 aliphatic rings. The first-order valence-electron chi connectivity index (χ1n) is 7.50. The SMILES string of the molecule is Cc1cn([C@H]2C[C@H]([O-])[C@@H](COP(=O)(O)OP(=O)(O)OP(=O)(O)O)O2)c(=O)[nH]c1=O.[Na].